The van der Waals surface area contributed by atoms with Crippen molar-refractivity contribution in [2.24, 2.45) is 5.92 Å². The van der Waals surface area contributed by atoms with Gasteiger partial charge in [0.2, 0.25) is 5.91 Å². The quantitative estimate of drug-likeness (QED) is 0.857. The molecule has 92 valence electrons. The monoisotopic (exact) mass is 236 g/mol. The molecule has 1 aromatic rings. The van der Waals surface area contributed by atoms with Crippen LogP contribution >= 0.6 is 0 Å². The Hall–Kier alpha value is -1.45. The van der Waals surface area contributed by atoms with Crippen molar-refractivity contribution >= 4 is 11.7 Å². The first kappa shape index (κ1) is 12.0. The van der Waals surface area contributed by atoms with Crippen LogP contribution in [0.4, 0.5) is 10.2 Å². The van der Waals surface area contributed by atoms with Gasteiger partial charge in [-0.15, -0.1) is 0 Å². The van der Waals surface area contributed by atoms with Crippen molar-refractivity contribution in [3.63, 3.8) is 0 Å². The third-order valence-electron chi connectivity index (χ3n) is 2.93. The van der Waals surface area contributed by atoms with Crippen LogP contribution in [-0.4, -0.2) is 17.1 Å². The van der Waals surface area contributed by atoms with E-state index in [4.69, 9.17) is 0 Å². The summed E-state index contributed by atoms with van der Waals surface area (Å²) >= 11 is 0. The summed E-state index contributed by atoms with van der Waals surface area (Å²) in [6, 6.07) is 3.69. The van der Waals surface area contributed by atoms with Crippen LogP contribution in [-0.2, 0) is 10.2 Å². The average Bonchev–Trinajstić information content (AvgIpc) is 2.95. The molecule has 3 nitrogen and oxygen atoms in total. The molecule has 1 fully saturated rings. The molecule has 4 heteroatoms. The summed E-state index contributed by atoms with van der Waals surface area (Å²) in [6.07, 6.45) is 1.12. The Bertz CT molecular complexity index is 422. The van der Waals surface area contributed by atoms with Gasteiger partial charge in [-0.25, -0.2) is 9.37 Å². The van der Waals surface area contributed by atoms with Gasteiger partial charge in [-0.3, -0.25) is 4.79 Å². The zero-order chi connectivity index (χ0) is 12.6. The number of rotatable bonds is 2. The molecule has 0 saturated heterocycles. The minimum Gasteiger partial charge on any atom is -0.310 e. The molecule has 1 aliphatic rings. The second-order valence-electron chi connectivity index (χ2n) is 5.53. The standard InChI is InChI=1S/C13H17FN2O/c1-13(2,3)8-4-5-11(15-7-8)16-12(17)9-6-10(9)14/h4-5,7,9-10H,6H2,1-3H3,(H,15,16,17)/t9-,10+/m1/s1. The minimum absolute atomic E-state index is 0.0378. The molecule has 1 N–H and O–H groups in total. The Morgan fingerprint density at radius 2 is 2.12 bits per heavy atom. The van der Waals surface area contributed by atoms with E-state index in [-0.39, 0.29) is 11.3 Å². The lowest BCUT2D eigenvalue weighted by atomic mass is 9.88. The summed E-state index contributed by atoms with van der Waals surface area (Å²) in [5.41, 5.74) is 1.14. The highest BCUT2D eigenvalue weighted by molar-refractivity contribution is 5.93. The summed E-state index contributed by atoms with van der Waals surface area (Å²) in [5.74, 6) is -0.255. The summed E-state index contributed by atoms with van der Waals surface area (Å²) in [7, 11) is 0. The maximum atomic E-state index is 12.7. The second kappa shape index (κ2) is 4.09. The molecule has 0 spiro atoms. The molecule has 1 aromatic heterocycles. The number of amides is 1. The Morgan fingerprint density at radius 3 is 2.53 bits per heavy atom. The molecule has 0 aromatic carbocycles. The molecule has 0 radical (unpaired) electrons. The first-order valence-corrected chi connectivity index (χ1v) is 5.79. The zero-order valence-corrected chi connectivity index (χ0v) is 10.3. The van der Waals surface area contributed by atoms with Gasteiger partial charge in [-0.2, -0.15) is 0 Å². The van der Waals surface area contributed by atoms with Gasteiger partial charge < -0.3 is 5.32 Å². The number of carbonyl (C=O) groups excluding carboxylic acids is 1. The predicted octanol–water partition coefficient (Wildman–Crippen LogP) is 2.68. The molecule has 1 saturated carbocycles. The van der Waals surface area contributed by atoms with E-state index in [1.165, 1.54) is 0 Å². The first-order chi connectivity index (χ1) is 7.88. The lowest BCUT2D eigenvalue weighted by Crippen LogP contribution is -2.17. The Kier molecular flexibility index (Phi) is 2.89. The van der Waals surface area contributed by atoms with Gasteiger partial charge in [0.1, 0.15) is 12.0 Å². The fourth-order valence-electron chi connectivity index (χ4n) is 1.57. The van der Waals surface area contributed by atoms with Crippen molar-refractivity contribution in [3.8, 4) is 0 Å². The second-order valence-corrected chi connectivity index (χ2v) is 5.53. The largest absolute Gasteiger partial charge is 0.310 e. The van der Waals surface area contributed by atoms with Crippen molar-refractivity contribution in [2.45, 2.75) is 38.8 Å². The van der Waals surface area contributed by atoms with E-state index in [1.54, 1.807) is 12.3 Å². The van der Waals surface area contributed by atoms with E-state index in [9.17, 15) is 9.18 Å². The number of carbonyl (C=O) groups is 1. The molecule has 2 atom stereocenters. The summed E-state index contributed by atoms with van der Waals surface area (Å²) < 4.78 is 12.7. The van der Waals surface area contributed by atoms with Gasteiger partial charge in [-0.1, -0.05) is 26.8 Å². The molecule has 2 rings (SSSR count). The highest BCUT2D eigenvalue weighted by Gasteiger charge is 2.43. The number of alkyl halides is 1. The van der Waals surface area contributed by atoms with E-state index in [0.717, 1.165) is 5.56 Å². The van der Waals surface area contributed by atoms with Gasteiger partial charge in [0.05, 0.1) is 5.92 Å². The van der Waals surface area contributed by atoms with E-state index in [2.05, 4.69) is 31.1 Å². The van der Waals surface area contributed by atoms with Crippen molar-refractivity contribution in [1.29, 1.82) is 0 Å². The van der Waals surface area contributed by atoms with Gasteiger partial charge in [-0.05, 0) is 23.5 Å². The number of anilines is 1. The maximum absolute atomic E-state index is 12.7. The van der Waals surface area contributed by atoms with Crippen LogP contribution in [0.25, 0.3) is 0 Å². The predicted molar refractivity (Wildman–Crippen MR) is 64.6 cm³/mol. The highest BCUT2D eigenvalue weighted by atomic mass is 19.1. The number of nitrogens with one attached hydrogen (secondary N) is 1. The van der Waals surface area contributed by atoms with Crippen LogP contribution in [0.1, 0.15) is 32.8 Å². The smallest absolute Gasteiger partial charge is 0.231 e. The SMILES string of the molecule is CC(C)(C)c1ccc(NC(=O)[C@@H]2C[C@@H]2F)nc1. The third-order valence-corrected chi connectivity index (χ3v) is 2.93. The summed E-state index contributed by atoms with van der Waals surface area (Å²) in [6.45, 7) is 6.29. The molecule has 0 unspecified atom stereocenters. The highest BCUT2D eigenvalue weighted by Crippen LogP contribution is 2.34. The number of hydrogen-bond acceptors (Lipinski definition) is 2. The van der Waals surface area contributed by atoms with Crippen molar-refractivity contribution in [2.75, 3.05) is 5.32 Å². The van der Waals surface area contributed by atoms with Crippen LogP contribution in [0.15, 0.2) is 18.3 Å². The molecular formula is C13H17FN2O. The van der Waals surface area contributed by atoms with Crippen molar-refractivity contribution in [1.82, 2.24) is 4.98 Å². The number of aromatic nitrogens is 1. The van der Waals surface area contributed by atoms with Crippen molar-refractivity contribution in [3.05, 3.63) is 23.9 Å². The number of nitrogens with zero attached hydrogens (tertiary/aromatic N) is 1. The van der Waals surface area contributed by atoms with E-state index >= 15 is 0 Å². The molecule has 1 heterocycles. The van der Waals surface area contributed by atoms with Crippen LogP contribution in [0.5, 0.6) is 0 Å². The van der Waals surface area contributed by atoms with E-state index in [1.807, 2.05) is 6.07 Å². The van der Waals surface area contributed by atoms with Crippen LogP contribution in [0.2, 0.25) is 0 Å². The summed E-state index contributed by atoms with van der Waals surface area (Å²) in [5, 5.41) is 2.62. The van der Waals surface area contributed by atoms with Gasteiger partial charge >= 0.3 is 0 Å². The van der Waals surface area contributed by atoms with E-state index < -0.39 is 12.1 Å². The Balaban J connectivity index is 2.01. The Labute approximate surface area is 100 Å². The normalized spacial score (nSPS) is 23.3. The lowest BCUT2D eigenvalue weighted by Gasteiger charge is -2.18. The molecule has 1 aliphatic carbocycles. The Morgan fingerprint density at radius 1 is 1.47 bits per heavy atom. The van der Waals surface area contributed by atoms with Gasteiger partial charge in [0, 0.05) is 6.20 Å². The lowest BCUT2D eigenvalue weighted by molar-refractivity contribution is -0.117. The van der Waals surface area contributed by atoms with Gasteiger partial charge in [0.15, 0.2) is 0 Å². The van der Waals surface area contributed by atoms with Crippen LogP contribution in [0, 0.1) is 5.92 Å². The van der Waals surface area contributed by atoms with E-state index in [0.29, 0.717) is 12.2 Å². The minimum atomic E-state index is -0.969. The van der Waals surface area contributed by atoms with Crippen LogP contribution in [0.3, 0.4) is 0 Å². The number of hydrogen-bond donors (Lipinski definition) is 1. The molecule has 0 bridgehead atoms. The maximum Gasteiger partial charge on any atom is 0.231 e. The molecule has 1 amide bonds. The van der Waals surface area contributed by atoms with Crippen LogP contribution < -0.4 is 5.32 Å². The summed E-state index contributed by atoms with van der Waals surface area (Å²) in [4.78, 5) is 15.6. The first-order valence-electron chi connectivity index (χ1n) is 5.79. The molecule has 0 aliphatic heterocycles. The fraction of sp³-hybridized carbons (Fsp3) is 0.538. The van der Waals surface area contributed by atoms with Crippen molar-refractivity contribution < 1.29 is 9.18 Å². The third kappa shape index (κ3) is 2.81. The molecule has 17 heavy (non-hydrogen) atoms. The topological polar surface area (TPSA) is 42.0 Å². The number of pyridine rings is 1. The van der Waals surface area contributed by atoms with Gasteiger partial charge in [0.25, 0.3) is 0 Å². The zero-order valence-electron chi connectivity index (χ0n) is 10.3. The fourth-order valence-corrected chi connectivity index (χ4v) is 1.57. The molecular weight excluding hydrogens is 219 g/mol. The number of halogens is 1. The average molecular weight is 236 g/mol.